The number of carbonyl (C=O) groups excluding carboxylic acids is 2. The summed E-state index contributed by atoms with van der Waals surface area (Å²) in [7, 11) is 1.65. The van der Waals surface area contributed by atoms with Crippen LogP contribution in [0.2, 0.25) is 0 Å². The van der Waals surface area contributed by atoms with E-state index in [0.29, 0.717) is 12.2 Å². The van der Waals surface area contributed by atoms with Crippen molar-refractivity contribution in [1.29, 1.82) is 0 Å². The smallest absolute Gasteiger partial charge is 0.257 e. The second kappa shape index (κ2) is 8.72. The van der Waals surface area contributed by atoms with E-state index in [1.165, 1.54) is 27.9 Å². The molecule has 32 heavy (non-hydrogen) atoms. The van der Waals surface area contributed by atoms with Gasteiger partial charge >= 0.3 is 0 Å². The number of aliphatic hydroxyl groups excluding tert-OH is 1. The molecule has 9 heteroatoms. The molecular weight excluding hydrogens is 412 g/mol. The van der Waals surface area contributed by atoms with Crippen molar-refractivity contribution < 1.29 is 24.9 Å². The average molecular weight is 436 g/mol. The summed E-state index contributed by atoms with van der Waals surface area (Å²) in [5.41, 5.74) is 1.44. The van der Waals surface area contributed by atoms with E-state index in [1.807, 2.05) is 30.3 Å². The van der Waals surface area contributed by atoms with Gasteiger partial charge in [0.05, 0.1) is 11.7 Å². The van der Waals surface area contributed by atoms with Gasteiger partial charge in [-0.15, -0.1) is 0 Å². The minimum atomic E-state index is -1.36. The normalized spacial score (nSPS) is 19.0. The fraction of sp³-hybridized carbons (Fsp3) is 0.261. The number of amides is 2. The Morgan fingerprint density at radius 1 is 1.06 bits per heavy atom. The summed E-state index contributed by atoms with van der Waals surface area (Å²) < 4.78 is 1.45. The predicted molar refractivity (Wildman–Crippen MR) is 115 cm³/mol. The Kier molecular flexibility index (Phi) is 5.83. The molecule has 1 aliphatic heterocycles. The number of aromatic hydroxyl groups is 2. The molecule has 0 radical (unpaired) electrons. The number of nitrogens with one attached hydrogen (secondary N) is 1. The number of aryl methyl sites for hydroxylation is 1. The summed E-state index contributed by atoms with van der Waals surface area (Å²) in [6, 6.07) is 14.3. The monoisotopic (exact) mass is 436 g/mol. The summed E-state index contributed by atoms with van der Waals surface area (Å²) in [6.07, 6.45) is 0.146. The van der Waals surface area contributed by atoms with Gasteiger partial charge in [0.1, 0.15) is 11.5 Å². The van der Waals surface area contributed by atoms with Gasteiger partial charge in [-0.3, -0.25) is 14.3 Å². The highest BCUT2D eigenvalue weighted by Gasteiger charge is 2.39. The van der Waals surface area contributed by atoms with Crippen LogP contribution in [-0.2, 0) is 11.8 Å². The molecule has 3 atom stereocenters. The Bertz CT molecular complexity index is 1110. The van der Waals surface area contributed by atoms with Crippen LogP contribution in [0.5, 0.6) is 11.5 Å². The van der Waals surface area contributed by atoms with Crippen molar-refractivity contribution in [1.82, 2.24) is 20.0 Å². The molecule has 0 spiro atoms. The molecule has 1 unspecified atom stereocenters. The van der Waals surface area contributed by atoms with Gasteiger partial charge < -0.3 is 25.5 Å². The Morgan fingerprint density at radius 2 is 1.75 bits per heavy atom. The minimum absolute atomic E-state index is 0.106. The maximum atomic E-state index is 13.0. The number of nitrogens with zero attached hydrogens (tertiary/aromatic N) is 3. The van der Waals surface area contributed by atoms with E-state index in [2.05, 4.69) is 10.4 Å². The number of phenolic OH excluding ortho intramolecular Hbond substituents is 2. The Morgan fingerprint density at radius 3 is 2.38 bits per heavy atom. The van der Waals surface area contributed by atoms with Crippen LogP contribution in [-0.4, -0.2) is 60.9 Å². The number of aliphatic hydroxyl groups is 1. The van der Waals surface area contributed by atoms with E-state index >= 15 is 0 Å². The highest BCUT2D eigenvalue weighted by atomic mass is 16.3. The molecule has 4 N–H and O–H groups in total. The highest BCUT2D eigenvalue weighted by Crippen LogP contribution is 2.30. The average Bonchev–Trinajstić information content (AvgIpc) is 3.39. The van der Waals surface area contributed by atoms with Crippen molar-refractivity contribution in [3.05, 3.63) is 77.6 Å². The van der Waals surface area contributed by atoms with E-state index in [4.69, 9.17) is 0 Å². The molecule has 0 saturated carbocycles. The van der Waals surface area contributed by atoms with Crippen molar-refractivity contribution in [2.45, 2.75) is 18.1 Å². The van der Waals surface area contributed by atoms with Crippen molar-refractivity contribution in [2.75, 3.05) is 13.1 Å². The zero-order chi connectivity index (χ0) is 22.8. The van der Waals surface area contributed by atoms with Crippen LogP contribution in [0.25, 0.3) is 0 Å². The molecule has 166 valence electrons. The topological polar surface area (TPSA) is 128 Å². The third-order valence-electron chi connectivity index (χ3n) is 5.71. The lowest BCUT2D eigenvalue weighted by molar-refractivity contribution is -0.139. The van der Waals surface area contributed by atoms with Crippen LogP contribution in [0.4, 0.5) is 0 Å². The maximum absolute atomic E-state index is 13.0. The second-order valence-corrected chi connectivity index (χ2v) is 7.86. The molecule has 2 amide bonds. The van der Waals surface area contributed by atoms with Gasteiger partial charge in [0, 0.05) is 43.9 Å². The number of carbonyl (C=O) groups is 2. The van der Waals surface area contributed by atoms with Crippen LogP contribution in [0.15, 0.2) is 60.8 Å². The second-order valence-electron chi connectivity index (χ2n) is 7.86. The highest BCUT2D eigenvalue weighted by molar-refractivity contribution is 5.95. The molecule has 0 aliphatic carbocycles. The van der Waals surface area contributed by atoms with E-state index in [-0.39, 0.29) is 29.5 Å². The van der Waals surface area contributed by atoms with Gasteiger partial charge in [-0.1, -0.05) is 30.3 Å². The molecule has 2 heterocycles. The first-order chi connectivity index (χ1) is 15.3. The lowest BCUT2D eigenvalue weighted by Crippen LogP contribution is -2.41. The number of phenols is 2. The molecule has 9 nitrogen and oxygen atoms in total. The lowest BCUT2D eigenvalue weighted by atomic mass is 9.94. The zero-order valence-electron chi connectivity index (χ0n) is 17.4. The standard InChI is InChI=1S/C23H24N4O5/c1-26-20(7-8-24-26)21(30)23(32)27-12-18(14-5-3-2-4-6-14)19(13-27)25-22(31)15-9-16(28)11-17(29)10-15/h2-11,18-19,21,28-30H,12-13H2,1H3,(H,25,31)/t18-,19+,21?/m0/s1. The van der Waals surface area contributed by atoms with E-state index in [1.54, 1.807) is 13.1 Å². The maximum Gasteiger partial charge on any atom is 0.257 e. The van der Waals surface area contributed by atoms with Gasteiger partial charge in [0.25, 0.3) is 11.8 Å². The van der Waals surface area contributed by atoms with Crippen molar-refractivity contribution in [3.63, 3.8) is 0 Å². The first kappa shape index (κ1) is 21.4. The van der Waals surface area contributed by atoms with E-state index < -0.39 is 24.0 Å². The Hall–Kier alpha value is -3.85. The largest absolute Gasteiger partial charge is 0.508 e. The third kappa shape index (κ3) is 4.28. The number of likely N-dealkylation sites (tertiary alicyclic amines) is 1. The minimum Gasteiger partial charge on any atom is -0.508 e. The van der Waals surface area contributed by atoms with Crippen LogP contribution in [0, 0.1) is 0 Å². The van der Waals surface area contributed by atoms with Crippen molar-refractivity contribution in [2.24, 2.45) is 7.05 Å². The molecular formula is C23H24N4O5. The molecule has 1 aliphatic rings. The van der Waals surface area contributed by atoms with Gasteiger partial charge in [-0.2, -0.15) is 5.10 Å². The Balaban J connectivity index is 1.57. The van der Waals surface area contributed by atoms with Crippen LogP contribution in [0.1, 0.15) is 33.6 Å². The number of hydrogen-bond donors (Lipinski definition) is 4. The van der Waals surface area contributed by atoms with Crippen LogP contribution < -0.4 is 5.32 Å². The number of hydrogen-bond acceptors (Lipinski definition) is 6. The molecule has 3 aromatic rings. The number of aromatic nitrogens is 2. The van der Waals surface area contributed by atoms with Crippen molar-refractivity contribution >= 4 is 11.8 Å². The van der Waals surface area contributed by atoms with Crippen LogP contribution in [0.3, 0.4) is 0 Å². The molecule has 4 rings (SSSR count). The summed E-state index contributed by atoms with van der Waals surface area (Å²) >= 11 is 0. The molecule has 1 saturated heterocycles. The lowest BCUT2D eigenvalue weighted by Gasteiger charge is -2.20. The van der Waals surface area contributed by atoms with E-state index in [9.17, 15) is 24.9 Å². The van der Waals surface area contributed by atoms with Crippen LogP contribution >= 0.6 is 0 Å². The number of benzene rings is 2. The first-order valence-electron chi connectivity index (χ1n) is 10.2. The predicted octanol–water partition coefficient (Wildman–Crippen LogP) is 1.29. The van der Waals surface area contributed by atoms with Gasteiger partial charge in [-0.05, 0) is 23.8 Å². The van der Waals surface area contributed by atoms with Gasteiger partial charge in [-0.25, -0.2) is 0 Å². The number of rotatable bonds is 5. The van der Waals surface area contributed by atoms with Gasteiger partial charge in [0.2, 0.25) is 0 Å². The SMILES string of the molecule is Cn1nccc1C(O)C(=O)N1C[C@@H](NC(=O)c2cc(O)cc(O)c2)[C@H](c2ccccc2)C1. The van der Waals surface area contributed by atoms with Crippen molar-refractivity contribution in [3.8, 4) is 11.5 Å². The zero-order valence-corrected chi connectivity index (χ0v) is 17.4. The van der Waals surface area contributed by atoms with E-state index in [0.717, 1.165) is 11.6 Å². The summed E-state index contributed by atoms with van der Waals surface area (Å²) in [6.45, 7) is 0.512. The Labute approximate surface area is 184 Å². The quantitative estimate of drug-likeness (QED) is 0.477. The third-order valence-corrected chi connectivity index (χ3v) is 5.71. The molecule has 1 fully saturated rings. The summed E-state index contributed by atoms with van der Waals surface area (Å²) in [4.78, 5) is 27.4. The molecule has 2 aromatic carbocycles. The first-order valence-corrected chi connectivity index (χ1v) is 10.2. The summed E-state index contributed by atoms with van der Waals surface area (Å²) in [5.74, 6) is -1.60. The molecule has 0 bridgehead atoms. The summed E-state index contributed by atoms with van der Waals surface area (Å²) in [5, 5.41) is 36.9. The fourth-order valence-electron chi connectivity index (χ4n) is 4.10. The van der Waals surface area contributed by atoms with Gasteiger partial charge in [0.15, 0.2) is 6.10 Å². The fourth-order valence-corrected chi connectivity index (χ4v) is 4.10. The molecule has 1 aromatic heterocycles.